The highest BCUT2D eigenvalue weighted by Crippen LogP contribution is 2.20. The number of rotatable bonds is 7. The molecule has 0 aliphatic rings. The molecule has 1 amide bonds. The third-order valence-electron chi connectivity index (χ3n) is 3.43. The van der Waals surface area contributed by atoms with E-state index in [1.807, 2.05) is 36.4 Å². The van der Waals surface area contributed by atoms with Crippen molar-refractivity contribution in [3.05, 3.63) is 42.5 Å². The maximum absolute atomic E-state index is 11.9. The molecule has 0 saturated carbocycles. The van der Waals surface area contributed by atoms with Gasteiger partial charge in [-0.15, -0.1) is 0 Å². The molecule has 0 radical (unpaired) electrons. The van der Waals surface area contributed by atoms with Crippen molar-refractivity contribution >= 4 is 16.7 Å². The summed E-state index contributed by atoms with van der Waals surface area (Å²) < 4.78 is 5.67. The van der Waals surface area contributed by atoms with E-state index >= 15 is 0 Å². The van der Waals surface area contributed by atoms with Crippen LogP contribution in [-0.4, -0.2) is 37.6 Å². The topological polar surface area (TPSA) is 55.6 Å². The average Bonchev–Trinajstić information content (AvgIpc) is 2.52. The number of nitrogens with two attached hydrogens (primary N) is 1. The molecule has 0 spiro atoms. The molecule has 0 aliphatic carbocycles. The van der Waals surface area contributed by atoms with Crippen LogP contribution in [0.1, 0.15) is 12.8 Å². The number of hydrogen-bond donors (Lipinski definition) is 1. The predicted molar refractivity (Wildman–Crippen MR) is 85.4 cm³/mol. The van der Waals surface area contributed by atoms with Crippen molar-refractivity contribution in [1.82, 2.24) is 4.90 Å². The zero-order valence-electron chi connectivity index (χ0n) is 12.4. The molecule has 2 aromatic carbocycles. The van der Waals surface area contributed by atoms with Crippen LogP contribution in [0.3, 0.4) is 0 Å². The van der Waals surface area contributed by atoms with Crippen molar-refractivity contribution in [2.45, 2.75) is 12.8 Å². The Labute approximate surface area is 125 Å². The van der Waals surface area contributed by atoms with Crippen LogP contribution < -0.4 is 10.5 Å². The van der Waals surface area contributed by atoms with E-state index in [2.05, 4.69) is 6.07 Å². The normalized spacial score (nSPS) is 10.6. The van der Waals surface area contributed by atoms with Gasteiger partial charge in [0.2, 0.25) is 5.91 Å². The molecule has 4 nitrogen and oxygen atoms in total. The summed E-state index contributed by atoms with van der Waals surface area (Å²) >= 11 is 0. The molecular weight excluding hydrogens is 264 g/mol. The largest absolute Gasteiger partial charge is 0.493 e. The summed E-state index contributed by atoms with van der Waals surface area (Å²) in [6.45, 7) is 1.70. The monoisotopic (exact) mass is 286 g/mol. The van der Waals surface area contributed by atoms with Gasteiger partial charge in [-0.1, -0.05) is 30.3 Å². The first-order valence-electron chi connectivity index (χ1n) is 7.26. The van der Waals surface area contributed by atoms with E-state index in [1.54, 1.807) is 11.9 Å². The van der Waals surface area contributed by atoms with Gasteiger partial charge in [0.1, 0.15) is 5.75 Å². The summed E-state index contributed by atoms with van der Waals surface area (Å²) in [5.41, 5.74) is 5.44. The number of nitrogens with zero attached hydrogens (tertiary/aromatic N) is 1. The van der Waals surface area contributed by atoms with E-state index in [4.69, 9.17) is 10.5 Å². The van der Waals surface area contributed by atoms with Gasteiger partial charge in [-0.05, 0) is 35.9 Å². The van der Waals surface area contributed by atoms with E-state index < -0.39 is 0 Å². The fraction of sp³-hybridized carbons (Fsp3) is 0.353. The van der Waals surface area contributed by atoms with Gasteiger partial charge >= 0.3 is 0 Å². The summed E-state index contributed by atoms with van der Waals surface area (Å²) in [7, 11) is 1.80. The summed E-state index contributed by atoms with van der Waals surface area (Å²) in [5.74, 6) is 0.885. The minimum atomic E-state index is 0.0873. The number of carbonyl (C=O) groups excluding carboxylic acids is 1. The quantitative estimate of drug-likeness (QED) is 0.850. The fourth-order valence-electron chi connectivity index (χ4n) is 2.16. The van der Waals surface area contributed by atoms with Gasteiger partial charge in [0.15, 0.2) is 0 Å². The molecular formula is C17H22N2O2. The van der Waals surface area contributed by atoms with Crippen LogP contribution in [0.25, 0.3) is 10.8 Å². The Bertz CT molecular complexity index is 598. The lowest BCUT2D eigenvalue weighted by Crippen LogP contribution is -2.29. The van der Waals surface area contributed by atoms with Gasteiger partial charge < -0.3 is 15.4 Å². The molecule has 4 heteroatoms. The van der Waals surface area contributed by atoms with Crippen molar-refractivity contribution in [1.29, 1.82) is 0 Å². The Balaban J connectivity index is 1.83. The second kappa shape index (κ2) is 7.64. The summed E-state index contributed by atoms with van der Waals surface area (Å²) in [5, 5.41) is 2.32. The molecule has 0 saturated heterocycles. The molecule has 21 heavy (non-hydrogen) atoms. The van der Waals surface area contributed by atoms with Crippen molar-refractivity contribution in [2.75, 3.05) is 26.7 Å². The number of hydrogen-bond acceptors (Lipinski definition) is 3. The smallest absolute Gasteiger partial charge is 0.225 e. The van der Waals surface area contributed by atoms with Crippen molar-refractivity contribution in [3.8, 4) is 5.75 Å². The van der Waals surface area contributed by atoms with Crippen LogP contribution in [0.2, 0.25) is 0 Å². The Morgan fingerprint density at radius 2 is 1.95 bits per heavy atom. The lowest BCUT2D eigenvalue weighted by Gasteiger charge is -2.16. The number of carbonyl (C=O) groups is 1. The Morgan fingerprint density at radius 1 is 1.19 bits per heavy atom. The molecule has 0 unspecified atom stereocenters. The first-order chi connectivity index (χ1) is 10.2. The van der Waals surface area contributed by atoms with Crippen LogP contribution in [-0.2, 0) is 4.79 Å². The second-order valence-corrected chi connectivity index (χ2v) is 5.06. The highest BCUT2D eigenvalue weighted by atomic mass is 16.5. The standard InChI is InChI=1S/C17H22N2O2/c1-19(11-4-10-18)17(20)9-12-21-16-8-7-14-5-2-3-6-15(14)13-16/h2-3,5-8,13H,4,9-12,18H2,1H3. The number of amides is 1. The van der Waals surface area contributed by atoms with Crippen molar-refractivity contribution < 1.29 is 9.53 Å². The van der Waals surface area contributed by atoms with Crippen molar-refractivity contribution in [3.63, 3.8) is 0 Å². The van der Waals surface area contributed by atoms with Gasteiger partial charge in [-0.3, -0.25) is 4.79 Å². The molecule has 2 aromatic rings. The van der Waals surface area contributed by atoms with E-state index in [0.717, 1.165) is 17.6 Å². The SMILES string of the molecule is CN(CCCN)C(=O)CCOc1ccc2ccccc2c1. The lowest BCUT2D eigenvalue weighted by molar-refractivity contribution is -0.130. The summed E-state index contributed by atoms with van der Waals surface area (Å²) in [6, 6.07) is 14.1. The van der Waals surface area contributed by atoms with E-state index in [0.29, 0.717) is 26.1 Å². The Hall–Kier alpha value is -2.07. The van der Waals surface area contributed by atoms with Crippen LogP contribution in [0, 0.1) is 0 Å². The highest BCUT2D eigenvalue weighted by molar-refractivity contribution is 5.83. The summed E-state index contributed by atoms with van der Waals surface area (Å²) in [4.78, 5) is 13.6. The van der Waals surface area contributed by atoms with E-state index in [1.165, 1.54) is 5.39 Å². The molecule has 0 atom stereocenters. The maximum atomic E-state index is 11.9. The van der Waals surface area contributed by atoms with E-state index in [-0.39, 0.29) is 5.91 Å². The third-order valence-corrected chi connectivity index (χ3v) is 3.43. The van der Waals surface area contributed by atoms with Gasteiger partial charge in [-0.2, -0.15) is 0 Å². The molecule has 112 valence electrons. The van der Waals surface area contributed by atoms with Crippen LogP contribution >= 0.6 is 0 Å². The highest BCUT2D eigenvalue weighted by Gasteiger charge is 2.08. The molecule has 0 bridgehead atoms. The molecule has 0 heterocycles. The number of fused-ring (bicyclic) bond motifs is 1. The maximum Gasteiger partial charge on any atom is 0.225 e. The first kappa shape index (κ1) is 15.3. The first-order valence-corrected chi connectivity index (χ1v) is 7.26. The summed E-state index contributed by atoms with van der Waals surface area (Å²) in [6.07, 6.45) is 1.21. The molecule has 2 rings (SSSR count). The third kappa shape index (κ3) is 4.46. The Kier molecular flexibility index (Phi) is 5.58. The molecule has 0 aliphatic heterocycles. The van der Waals surface area contributed by atoms with Crippen LogP contribution in [0.15, 0.2) is 42.5 Å². The van der Waals surface area contributed by atoms with Gasteiger partial charge in [0.05, 0.1) is 13.0 Å². The predicted octanol–water partition coefficient (Wildman–Crippen LogP) is 2.42. The van der Waals surface area contributed by atoms with Crippen LogP contribution in [0.5, 0.6) is 5.75 Å². The fourth-order valence-corrected chi connectivity index (χ4v) is 2.16. The molecule has 0 fully saturated rings. The van der Waals surface area contributed by atoms with E-state index in [9.17, 15) is 4.79 Å². The van der Waals surface area contributed by atoms with Gasteiger partial charge in [-0.25, -0.2) is 0 Å². The lowest BCUT2D eigenvalue weighted by atomic mass is 10.1. The number of benzene rings is 2. The van der Waals surface area contributed by atoms with Gasteiger partial charge in [0.25, 0.3) is 0 Å². The zero-order valence-corrected chi connectivity index (χ0v) is 12.4. The average molecular weight is 286 g/mol. The minimum absolute atomic E-state index is 0.0873. The zero-order chi connectivity index (χ0) is 15.1. The molecule has 0 aromatic heterocycles. The molecule has 2 N–H and O–H groups in total. The van der Waals surface area contributed by atoms with Crippen molar-refractivity contribution in [2.24, 2.45) is 5.73 Å². The second-order valence-electron chi connectivity index (χ2n) is 5.06. The minimum Gasteiger partial charge on any atom is -0.493 e. The van der Waals surface area contributed by atoms with Gasteiger partial charge in [0, 0.05) is 13.6 Å². The van der Waals surface area contributed by atoms with Crippen LogP contribution in [0.4, 0.5) is 0 Å². The Morgan fingerprint density at radius 3 is 2.71 bits per heavy atom. The number of ether oxygens (including phenoxy) is 1.